The second kappa shape index (κ2) is 7.57. The number of aromatic nitrogens is 1. The summed E-state index contributed by atoms with van der Waals surface area (Å²) in [6.07, 6.45) is -3.59. The normalized spacial score (nSPS) is 17.1. The van der Waals surface area contributed by atoms with Gasteiger partial charge in [-0.2, -0.15) is 13.2 Å². The number of hydrogen-bond acceptors (Lipinski definition) is 4. The molecule has 2 heterocycles. The van der Waals surface area contributed by atoms with Gasteiger partial charge in [0.2, 0.25) is 0 Å². The SMILES string of the molecule is CCC(OC)C(=O)N1CCN(c2ncc(C(F)(F)F)cc2Cl)CC1. The Morgan fingerprint density at radius 3 is 2.46 bits per heavy atom. The van der Waals surface area contributed by atoms with Crippen molar-refractivity contribution in [2.75, 3.05) is 38.2 Å². The molecule has 1 unspecified atom stereocenters. The number of amides is 1. The van der Waals surface area contributed by atoms with Crippen molar-refractivity contribution in [1.29, 1.82) is 0 Å². The van der Waals surface area contributed by atoms with E-state index in [-0.39, 0.29) is 10.9 Å². The van der Waals surface area contributed by atoms with E-state index in [1.807, 2.05) is 6.92 Å². The van der Waals surface area contributed by atoms with Gasteiger partial charge in [0.15, 0.2) is 0 Å². The molecule has 1 aliphatic heterocycles. The van der Waals surface area contributed by atoms with Crippen LogP contribution in [0.3, 0.4) is 0 Å². The zero-order chi connectivity index (χ0) is 17.9. The van der Waals surface area contributed by atoms with Gasteiger partial charge in [-0.05, 0) is 12.5 Å². The van der Waals surface area contributed by atoms with E-state index >= 15 is 0 Å². The highest BCUT2D eigenvalue weighted by Gasteiger charge is 2.33. The lowest BCUT2D eigenvalue weighted by molar-refractivity contribution is -0.142. The number of alkyl halides is 3. The van der Waals surface area contributed by atoms with Gasteiger partial charge in [0.1, 0.15) is 11.9 Å². The number of halogens is 4. The molecule has 0 spiro atoms. The molecule has 0 aromatic carbocycles. The van der Waals surface area contributed by atoms with Crippen LogP contribution in [-0.2, 0) is 15.7 Å². The predicted molar refractivity (Wildman–Crippen MR) is 84.1 cm³/mol. The first-order valence-electron chi connectivity index (χ1n) is 7.57. The van der Waals surface area contributed by atoms with Gasteiger partial charge in [0, 0.05) is 39.5 Å². The zero-order valence-electron chi connectivity index (χ0n) is 13.4. The first-order valence-corrected chi connectivity index (χ1v) is 7.95. The molecule has 2 rings (SSSR count). The van der Waals surface area contributed by atoms with Crippen molar-refractivity contribution < 1.29 is 22.7 Å². The van der Waals surface area contributed by atoms with Crippen LogP contribution in [0.5, 0.6) is 0 Å². The van der Waals surface area contributed by atoms with E-state index in [1.165, 1.54) is 7.11 Å². The van der Waals surface area contributed by atoms with E-state index < -0.39 is 17.8 Å². The second-order valence-electron chi connectivity index (χ2n) is 5.47. The summed E-state index contributed by atoms with van der Waals surface area (Å²) in [5.41, 5.74) is -0.879. The molecule has 0 bridgehead atoms. The summed E-state index contributed by atoms with van der Waals surface area (Å²) in [7, 11) is 1.49. The summed E-state index contributed by atoms with van der Waals surface area (Å²) in [4.78, 5) is 19.6. The van der Waals surface area contributed by atoms with E-state index in [4.69, 9.17) is 16.3 Å². The Bertz CT molecular complexity index is 586. The average molecular weight is 366 g/mol. The van der Waals surface area contributed by atoms with Crippen LogP contribution in [0.1, 0.15) is 18.9 Å². The van der Waals surface area contributed by atoms with Gasteiger partial charge in [0.05, 0.1) is 10.6 Å². The van der Waals surface area contributed by atoms with E-state index in [0.717, 1.165) is 12.3 Å². The van der Waals surface area contributed by atoms with Crippen LogP contribution in [0.2, 0.25) is 5.02 Å². The molecule has 1 aliphatic rings. The molecule has 1 aromatic rings. The number of hydrogen-bond donors (Lipinski definition) is 0. The Hall–Kier alpha value is -1.54. The smallest absolute Gasteiger partial charge is 0.372 e. The Morgan fingerprint density at radius 1 is 1.38 bits per heavy atom. The molecular weight excluding hydrogens is 347 g/mol. The first-order chi connectivity index (χ1) is 11.3. The third-order valence-electron chi connectivity index (χ3n) is 3.97. The highest BCUT2D eigenvalue weighted by molar-refractivity contribution is 6.33. The van der Waals surface area contributed by atoms with Crippen molar-refractivity contribution in [3.8, 4) is 0 Å². The van der Waals surface area contributed by atoms with Gasteiger partial charge in [-0.15, -0.1) is 0 Å². The fraction of sp³-hybridized carbons (Fsp3) is 0.600. The van der Waals surface area contributed by atoms with Gasteiger partial charge in [0.25, 0.3) is 5.91 Å². The van der Waals surface area contributed by atoms with Crippen molar-refractivity contribution in [1.82, 2.24) is 9.88 Å². The molecule has 5 nitrogen and oxygen atoms in total. The molecule has 134 valence electrons. The number of pyridine rings is 1. The first kappa shape index (κ1) is 18.8. The molecule has 1 atom stereocenters. The fourth-order valence-electron chi connectivity index (χ4n) is 2.60. The standard InChI is InChI=1S/C15H19ClF3N3O2/c1-3-12(24-2)14(23)22-6-4-21(5-7-22)13-11(16)8-10(9-20-13)15(17,18)19/h8-9,12H,3-7H2,1-2H3. The molecular formula is C15H19ClF3N3O2. The summed E-state index contributed by atoms with van der Waals surface area (Å²) in [5.74, 6) is 0.224. The zero-order valence-corrected chi connectivity index (χ0v) is 14.2. The number of carbonyl (C=O) groups excluding carboxylic acids is 1. The minimum absolute atomic E-state index is 0.0482. The predicted octanol–water partition coefficient (Wildman–Crippen LogP) is 2.83. The van der Waals surface area contributed by atoms with Crippen molar-refractivity contribution in [2.24, 2.45) is 0 Å². The van der Waals surface area contributed by atoms with Crippen molar-refractivity contribution in [2.45, 2.75) is 25.6 Å². The summed E-state index contributed by atoms with van der Waals surface area (Å²) in [6, 6.07) is 0.874. The maximum atomic E-state index is 12.7. The van der Waals surface area contributed by atoms with Crippen molar-refractivity contribution >= 4 is 23.3 Å². The Kier molecular flexibility index (Phi) is 5.92. The highest BCUT2D eigenvalue weighted by atomic mass is 35.5. The number of rotatable bonds is 4. The molecule has 0 aliphatic carbocycles. The highest BCUT2D eigenvalue weighted by Crippen LogP contribution is 2.33. The van der Waals surface area contributed by atoms with Crippen LogP contribution < -0.4 is 4.90 Å². The molecule has 1 amide bonds. The van der Waals surface area contributed by atoms with Crippen molar-refractivity contribution in [3.63, 3.8) is 0 Å². The lowest BCUT2D eigenvalue weighted by Crippen LogP contribution is -2.52. The van der Waals surface area contributed by atoms with Crippen molar-refractivity contribution in [3.05, 3.63) is 22.8 Å². The third kappa shape index (κ3) is 4.10. The molecule has 0 saturated carbocycles. The van der Waals surface area contributed by atoms with Crippen LogP contribution in [0.15, 0.2) is 12.3 Å². The average Bonchev–Trinajstić information content (AvgIpc) is 2.55. The fourth-order valence-corrected chi connectivity index (χ4v) is 2.89. The molecule has 1 fully saturated rings. The van der Waals surface area contributed by atoms with Crippen LogP contribution in [-0.4, -0.2) is 55.2 Å². The van der Waals surface area contributed by atoms with Gasteiger partial charge in [-0.25, -0.2) is 4.98 Å². The number of piperazine rings is 1. The summed E-state index contributed by atoms with van der Waals surface area (Å²) in [6.45, 7) is 3.65. The number of carbonyl (C=O) groups is 1. The summed E-state index contributed by atoms with van der Waals surface area (Å²) >= 11 is 5.96. The van der Waals surface area contributed by atoms with Crippen LogP contribution in [0.4, 0.5) is 19.0 Å². The maximum Gasteiger partial charge on any atom is 0.417 e. The largest absolute Gasteiger partial charge is 0.417 e. The Morgan fingerprint density at radius 2 is 2.00 bits per heavy atom. The molecule has 1 aromatic heterocycles. The van der Waals surface area contributed by atoms with Gasteiger partial charge < -0.3 is 14.5 Å². The van der Waals surface area contributed by atoms with Gasteiger partial charge in [-0.3, -0.25) is 4.79 Å². The quantitative estimate of drug-likeness (QED) is 0.823. The lowest BCUT2D eigenvalue weighted by Gasteiger charge is -2.37. The topological polar surface area (TPSA) is 45.7 Å². The number of ether oxygens (including phenoxy) is 1. The number of anilines is 1. The maximum absolute atomic E-state index is 12.7. The minimum atomic E-state index is -4.48. The van der Waals surface area contributed by atoms with Crippen LogP contribution in [0.25, 0.3) is 0 Å². The van der Waals surface area contributed by atoms with Crippen LogP contribution >= 0.6 is 11.6 Å². The Labute approximate surface area is 143 Å². The Balaban J connectivity index is 2.03. The third-order valence-corrected chi connectivity index (χ3v) is 4.25. The summed E-state index contributed by atoms with van der Waals surface area (Å²) < 4.78 is 43.1. The van der Waals surface area contributed by atoms with Crippen LogP contribution in [0, 0.1) is 0 Å². The molecule has 1 saturated heterocycles. The molecule has 0 radical (unpaired) electrons. The van der Waals surface area contributed by atoms with E-state index in [9.17, 15) is 18.0 Å². The van der Waals surface area contributed by atoms with Gasteiger partial charge in [-0.1, -0.05) is 18.5 Å². The lowest BCUT2D eigenvalue weighted by atomic mass is 10.2. The van der Waals surface area contributed by atoms with E-state index in [0.29, 0.717) is 38.4 Å². The van der Waals surface area contributed by atoms with E-state index in [2.05, 4.69) is 4.98 Å². The van der Waals surface area contributed by atoms with E-state index in [1.54, 1.807) is 9.80 Å². The number of nitrogens with zero attached hydrogens (tertiary/aromatic N) is 3. The second-order valence-corrected chi connectivity index (χ2v) is 5.88. The molecule has 24 heavy (non-hydrogen) atoms. The monoisotopic (exact) mass is 365 g/mol. The minimum Gasteiger partial charge on any atom is -0.372 e. The molecule has 9 heteroatoms. The number of methoxy groups -OCH3 is 1. The van der Waals surface area contributed by atoms with Gasteiger partial charge >= 0.3 is 6.18 Å². The molecule has 0 N–H and O–H groups in total. The summed E-state index contributed by atoms with van der Waals surface area (Å²) in [5, 5.41) is -0.0482.